The summed E-state index contributed by atoms with van der Waals surface area (Å²) in [5, 5.41) is 12.1. The summed E-state index contributed by atoms with van der Waals surface area (Å²) < 4.78 is 37.9. The molecule has 1 aliphatic heterocycles. The van der Waals surface area contributed by atoms with Gasteiger partial charge in [-0.25, -0.2) is 4.79 Å². The van der Waals surface area contributed by atoms with Crippen molar-refractivity contribution in [1.82, 2.24) is 0 Å². The number of fused-ring (bicyclic) bond motifs is 1. The average molecular weight is 335 g/mol. The van der Waals surface area contributed by atoms with Crippen molar-refractivity contribution in [3.63, 3.8) is 0 Å². The maximum absolute atomic E-state index is 12.6. The number of halogens is 3. The lowest BCUT2D eigenvalue weighted by atomic mass is 9.89. The zero-order chi connectivity index (χ0) is 17.5. The minimum atomic E-state index is -4.44. The van der Waals surface area contributed by atoms with Crippen LogP contribution in [0.25, 0.3) is 0 Å². The Morgan fingerprint density at radius 1 is 1.12 bits per heavy atom. The van der Waals surface area contributed by atoms with E-state index in [-0.39, 0.29) is 17.8 Å². The van der Waals surface area contributed by atoms with E-state index in [1.807, 2.05) is 0 Å². The van der Waals surface area contributed by atoms with Crippen LogP contribution < -0.4 is 5.32 Å². The molecule has 1 atom stereocenters. The van der Waals surface area contributed by atoms with Crippen molar-refractivity contribution in [2.45, 2.75) is 18.6 Å². The van der Waals surface area contributed by atoms with Gasteiger partial charge in [0.2, 0.25) is 0 Å². The molecule has 3 rings (SSSR count). The maximum Gasteiger partial charge on any atom is 0.416 e. The third kappa shape index (κ3) is 2.84. The molecule has 0 fully saturated rings. The van der Waals surface area contributed by atoms with E-state index < -0.39 is 23.8 Å². The Bertz CT molecular complexity index is 813. The van der Waals surface area contributed by atoms with Crippen molar-refractivity contribution in [2.24, 2.45) is 0 Å². The van der Waals surface area contributed by atoms with Gasteiger partial charge < -0.3 is 10.4 Å². The molecule has 24 heavy (non-hydrogen) atoms. The monoisotopic (exact) mass is 335 g/mol. The zero-order valence-electron chi connectivity index (χ0n) is 12.2. The second-order valence-corrected chi connectivity index (χ2v) is 5.48. The van der Waals surface area contributed by atoms with Crippen LogP contribution in [-0.4, -0.2) is 16.9 Å². The molecule has 0 saturated carbocycles. The number of Topliss-reactive ketones (excluding diaryl/α,β-unsaturated/α-hetero) is 1. The molecule has 0 aliphatic carbocycles. The van der Waals surface area contributed by atoms with Gasteiger partial charge in [-0.1, -0.05) is 18.2 Å². The van der Waals surface area contributed by atoms with Gasteiger partial charge in [0.25, 0.3) is 0 Å². The van der Waals surface area contributed by atoms with Gasteiger partial charge in [-0.3, -0.25) is 4.79 Å². The van der Waals surface area contributed by atoms with Crippen molar-refractivity contribution in [1.29, 1.82) is 0 Å². The van der Waals surface area contributed by atoms with Crippen molar-refractivity contribution < 1.29 is 27.9 Å². The van der Waals surface area contributed by atoms with E-state index in [1.54, 1.807) is 12.1 Å². The van der Waals surface area contributed by atoms with E-state index in [0.717, 1.165) is 12.1 Å². The van der Waals surface area contributed by atoms with Crippen LogP contribution in [-0.2, 0) is 17.4 Å². The molecule has 0 radical (unpaired) electrons. The molecule has 1 unspecified atom stereocenters. The molecule has 2 aromatic carbocycles. The van der Waals surface area contributed by atoms with E-state index in [9.17, 15) is 27.9 Å². The summed E-state index contributed by atoms with van der Waals surface area (Å²) in [6, 6.07) is 8.16. The molecule has 0 aromatic heterocycles. The molecule has 1 heterocycles. The van der Waals surface area contributed by atoms with Crippen LogP contribution >= 0.6 is 0 Å². The van der Waals surface area contributed by atoms with E-state index in [4.69, 9.17) is 0 Å². The molecule has 2 aromatic rings. The average Bonchev–Trinajstić information content (AvgIpc) is 2.53. The van der Waals surface area contributed by atoms with Gasteiger partial charge in [0.15, 0.2) is 5.78 Å². The van der Waals surface area contributed by atoms with Crippen LogP contribution in [0.2, 0.25) is 0 Å². The largest absolute Gasteiger partial charge is 0.478 e. The molecule has 0 bridgehead atoms. The van der Waals surface area contributed by atoms with E-state index in [2.05, 4.69) is 5.32 Å². The smallest absolute Gasteiger partial charge is 0.416 e. The van der Waals surface area contributed by atoms with Crippen molar-refractivity contribution >= 4 is 17.4 Å². The second kappa shape index (κ2) is 5.67. The fourth-order valence-corrected chi connectivity index (χ4v) is 2.76. The molecule has 124 valence electrons. The number of carbonyl (C=O) groups excluding carboxylic acids is 1. The molecule has 7 heteroatoms. The Hall–Kier alpha value is -2.83. The minimum absolute atomic E-state index is 0.0409. The Kier molecular flexibility index (Phi) is 3.79. The quantitative estimate of drug-likeness (QED) is 0.878. The number of ketones is 1. The van der Waals surface area contributed by atoms with Crippen molar-refractivity contribution in [2.75, 3.05) is 5.32 Å². The van der Waals surface area contributed by atoms with Gasteiger partial charge in [-0.2, -0.15) is 13.2 Å². The van der Waals surface area contributed by atoms with Gasteiger partial charge >= 0.3 is 12.1 Å². The number of aromatic carboxylic acids is 1. The lowest BCUT2D eigenvalue weighted by Crippen LogP contribution is -2.29. The van der Waals surface area contributed by atoms with Crippen LogP contribution in [0.1, 0.15) is 33.1 Å². The third-order valence-electron chi connectivity index (χ3n) is 3.95. The number of benzene rings is 2. The minimum Gasteiger partial charge on any atom is -0.478 e. The normalized spacial score (nSPS) is 17.1. The Morgan fingerprint density at radius 3 is 2.38 bits per heavy atom. The summed E-state index contributed by atoms with van der Waals surface area (Å²) >= 11 is 0. The zero-order valence-corrected chi connectivity index (χ0v) is 12.2. The van der Waals surface area contributed by atoms with Gasteiger partial charge in [-0.15, -0.1) is 0 Å². The molecule has 0 amide bonds. The number of carboxylic acids is 1. The maximum atomic E-state index is 12.6. The van der Waals surface area contributed by atoms with E-state index in [1.165, 1.54) is 18.2 Å². The molecular formula is C17H12F3NO3. The van der Waals surface area contributed by atoms with Gasteiger partial charge in [-0.05, 0) is 35.4 Å². The Morgan fingerprint density at radius 2 is 1.79 bits per heavy atom. The molecule has 4 nitrogen and oxygen atoms in total. The summed E-state index contributed by atoms with van der Waals surface area (Å²) in [7, 11) is 0. The van der Waals surface area contributed by atoms with Crippen LogP contribution in [0.4, 0.5) is 18.9 Å². The molecule has 1 aliphatic rings. The first-order chi connectivity index (χ1) is 11.3. The first-order valence-electron chi connectivity index (χ1n) is 7.09. The molecule has 0 saturated heterocycles. The lowest BCUT2D eigenvalue weighted by molar-refractivity contribution is -0.137. The van der Waals surface area contributed by atoms with Crippen molar-refractivity contribution in [3.8, 4) is 0 Å². The van der Waals surface area contributed by atoms with Crippen LogP contribution in [0.3, 0.4) is 0 Å². The Labute approximate surface area is 134 Å². The Balaban J connectivity index is 1.93. The summed E-state index contributed by atoms with van der Waals surface area (Å²) in [6.07, 6.45) is -4.53. The number of hydrogen-bond donors (Lipinski definition) is 2. The highest BCUT2D eigenvalue weighted by atomic mass is 19.4. The highest BCUT2D eigenvalue weighted by Gasteiger charge is 2.32. The third-order valence-corrected chi connectivity index (χ3v) is 3.95. The van der Waals surface area contributed by atoms with Crippen LogP contribution in [0, 0.1) is 0 Å². The summed E-state index contributed by atoms with van der Waals surface area (Å²) in [5.74, 6) is -1.43. The van der Waals surface area contributed by atoms with Crippen LogP contribution in [0.5, 0.6) is 0 Å². The first kappa shape index (κ1) is 16.0. The predicted octanol–water partition coefficient (Wildman–Crippen LogP) is 3.68. The highest BCUT2D eigenvalue weighted by molar-refractivity contribution is 5.99. The summed E-state index contributed by atoms with van der Waals surface area (Å²) in [5.41, 5.74) is 0.541. The molecule has 0 spiro atoms. The van der Waals surface area contributed by atoms with Gasteiger partial charge in [0, 0.05) is 12.1 Å². The molecular weight excluding hydrogens is 323 g/mol. The standard InChI is InChI=1S/C17H12F3NO3/c18-17(19,20)10-6-4-9(5-7-10)15-14(22)8-12-11(16(23)24)2-1-3-13(12)21-15/h1-7,15,21H,8H2,(H,23,24). The topological polar surface area (TPSA) is 66.4 Å². The second-order valence-electron chi connectivity index (χ2n) is 5.48. The fourth-order valence-electron chi connectivity index (χ4n) is 2.76. The van der Waals surface area contributed by atoms with Gasteiger partial charge in [0.05, 0.1) is 11.1 Å². The fraction of sp³-hybridized carbons (Fsp3) is 0.176. The summed E-state index contributed by atoms with van der Waals surface area (Å²) in [6.45, 7) is 0. The number of rotatable bonds is 2. The number of carbonyl (C=O) groups is 2. The van der Waals surface area contributed by atoms with E-state index in [0.29, 0.717) is 16.8 Å². The first-order valence-corrected chi connectivity index (χ1v) is 7.09. The van der Waals surface area contributed by atoms with E-state index >= 15 is 0 Å². The van der Waals surface area contributed by atoms with Crippen molar-refractivity contribution in [3.05, 3.63) is 64.7 Å². The summed E-state index contributed by atoms with van der Waals surface area (Å²) in [4.78, 5) is 23.6. The van der Waals surface area contributed by atoms with Gasteiger partial charge in [0.1, 0.15) is 6.04 Å². The highest BCUT2D eigenvalue weighted by Crippen LogP contribution is 2.34. The number of alkyl halides is 3. The molecule has 2 N–H and O–H groups in total. The predicted molar refractivity (Wildman–Crippen MR) is 79.9 cm³/mol. The lowest BCUT2D eigenvalue weighted by Gasteiger charge is -2.27. The number of anilines is 1. The number of hydrogen-bond acceptors (Lipinski definition) is 3. The van der Waals surface area contributed by atoms with Crippen LogP contribution in [0.15, 0.2) is 42.5 Å². The number of carboxylic acid groups (broad SMARTS) is 1. The number of nitrogens with one attached hydrogen (secondary N) is 1. The SMILES string of the molecule is O=C(O)c1cccc2c1CC(=O)C(c1ccc(C(F)(F)F)cc1)N2.